The van der Waals surface area contributed by atoms with Crippen LogP contribution in [0.4, 0.5) is 14.3 Å². The Hall–Kier alpha value is -3.12. The van der Waals surface area contributed by atoms with E-state index in [4.69, 9.17) is 0 Å². The number of hydrogen-bond donors (Lipinski definition) is 3. The van der Waals surface area contributed by atoms with Crippen molar-refractivity contribution in [2.75, 3.05) is 25.5 Å². The molecule has 1 aliphatic rings. The Kier molecular flexibility index (Phi) is 6.90. The molecule has 1 aromatic carbocycles. The Labute approximate surface area is 175 Å². The molecular formula is C18H21FN6O4S. The molecule has 1 fully saturated rings. The lowest BCUT2D eigenvalue weighted by Crippen LogP contribution is -2.39. The molecule has 0 radical (unpaired) electrons. The van der Waals surface area contributed by atoms with E-state index in [9.17, 15) is 23.9 Å². The predicted octanol–water partition coefficient (Wildman–Crippen LogP) is 0.550. The SMILES string of the molecule is CN(Cc1nsc(NC(=O)NCc2cccc(F)c2)n1)C(=O)CN1CC(O)CC1=O. The van der Waals surface area contributed by atoms with E-state index in [0.29, 0.717) is 11.4 Å². The number of β-amino-alcohol motifs (C(OH)–C–C–N with tert-alkyl or cyclic N) is 1. The lowest BCUT2D eigenvalue weighted by Gasteiger charge is -2.20. The third kappa shape index (κ3) is 5.94. The number of aliphatic hydroxyl groups is 1. The first-order chi connectivity index (χ1) is 14.3. The predicted molar refractivity (Wildman–Crippen MR) is 106 cm³/mol. The summed E-state index contributed by atoms with van der Waals surface area (Å²) in [6, 6.07) is 5.38. The Balaban J connectivity index is 1.45. The quantitative estimate of drug-likeness (QED) is 0.582. The van der Waals surface area contributed by atoms with Crippen molar-refractivity contribution in [3.63, 3.8) is 0 Å². The van der Waals surface area contributed by atoms with Gasteiger partial charge in [-0.05, 0) is 17.7 Å². The van der Waals surface area contributed by atoms with Crippen LogP contribution < -0.4 is 10.6 Å². The van der Waals surface area contributed by atoms with Crippen molar-refractivity contribution in [3.05, 3.63) is 41.5 Å². The second kappa shape index (κ2) is 9.59. The smallest absolute Gasteiger partial charge is 0.321 e. The Morgan fingerprint density at radius 3 is 2.93 bits per heavy atom. The number of anilines is 1. The van der Waals surface area contributed by atoms with Crippen LogP contribution in [0.3, 0.4) is 0 Å². The molecule has 160 valence electrons. The Bertz CT molecular complexity index is 939. The molecule has 0 saturated carbocycles. The number of hydrogen-bond acceptors (Lipinski definition) is 7. The molecule has 0 spiro atoms. The molecule has 2 aromatic rings. The van der Waals surface area contributed by atoms with E-state index in [1.807, 2.05) is 0 Å². The first-order valence-electron chi connectivity index (χ1n) is 9.12. The summed E-state index contributed by atoms with van der Waals surface area (Å²) in [6.07, 6.45) is -0.711. The first kappa shape index (κ1) is 21.6. The maximum atomic E-state index is 13.1. The number of nitrogens with one attached hydrogen (secondary N) is 2. The van der Waals surface area contributed by atoms with Gasteiger partial charge in [0.15, 0.2) is 5.82 Å². The van der Waals surface area contributed by atoms with Gasteiger partial charge in [-0.2, -0.15) is 4.37 Å². The van der Waals surface area contributed by atoms with Gasteiger partial charge in [0.05, 0.1) is 25.6 Å². The molecule has 4 amide bonds. The molecule has 1 aromatic heterocycles. The molecule has 3 N–H and O–H groups in total. The second-order valence-corrected chi connectivity index (χ2v) is 7.59. The number of carbonyl (C=O) groups excluding carboxylic acids is 3. The summed E-state index contributed by atoms with van der Waals surface area (Å²) in [5.41, 5.74) is 0.618. The average Bonchev–Trinajstić information content (AvgIpc) is 3.25. The summed E-state index contributed by atoms with van der Waals surface area (Å²) in [7, 11) is 1.55. The number of likely N-dealkylation sites (N-methyl/N-ethyl adjacent to an activating group) is 1. The van der Waals surface area contributed by atoms with Crippen LogP contribution in [0, 0.1) is 5.82 Å². The number of aliphatic hydroxyl groups excluding tert-OH is 1. The lowest BCUT2D eigenvalue weighted by atomic mass is 10.2. The van der Waals surface area contributed by atoms with Gasteiger partial charge >= 0.3 is 6.03 Å². The van der Waals surface area contributed by atoms with Gasteiger partial charge in [-0.1, -0.05) is 12.1 Å². The second-order valence-electron chi connectivity index (χ2n) is 6.84. The molecular weight excluding hydrogens is 415 g/mol. The maximum Gasteiger partial charge on any atom is 0.321 e. The molecule has 1 aliphatic heterocycles. The minimum absolute atomic E-state index is 0.0287. The topological polar surface area (TPSA) is 128 Å². The van der Waals surface area contributed by atoms with Gasteiger partial charge in [0.25, 0.3) is 0 Å². The van der Waals surface area contributed by atoms with Crippen molar-refractivity contribution in [2.45, 2.75) is 25.6 Å². The summed E-state index contributed by atoms with van der Waals surface area (Å²) in [5, 5.41) is 14.9. The van der Waals surface area contributed by atoms with Crippen molar-refractivity contribution in [3.8, 4) is 0 Å². The van der Waals surface area contributed by atoms with Crippen LogP contribution in [0.25, 0.3) is 0 Å². The number of amides is 4. The molecule has 0 bridgehead atoms. The fourth-order valence-corrected chi connectivity index (χ4v) is 3.40. The van der Waals surface area contributed by atoms with Crippen LogP contribution in [-0.2, 0) is 22.7 Å². The molecule has 1 atom stereocenters. The number of benzene rings is 1. The van der Waals surface area contributed by atoms with Gasteiger partial charge < -0.3 is 20.2 Å². The van der Waals surface area contributed by atoms with Gasteiger partial charge in [-0.15, -0.1) is 0 Å². The minimum atomic E-state index is -0.739. The van der Waals surface area contributed by atoms with Gasteiger partial charge in [0, 0.05) is 31.7 Å². The van der Waals surface area contributed by atoms with Crippen LogP contribution in [0.5, 0.6) is 0 Å². The number of rotatable bonds is 7. The average molecular weight is 436 g/mol. The molecule has 0 aliphatic carbocycles. The minimum Gasteiger partial charge on any atom is -0.391 e. The van der Waals surface area contributed by atoms with Crippen molar-refractivity contribution in [2.24, 2.45) is 0 Å². The zero-order valence-corrected chi connectivity index (χ0v) is 17.0. The van der Waals surface area contributed by atoms with Crippen molar-refractivity contribution < 1.29 is 23.9 Å². The van der Waals surface area contributed by atoms with Crippen molar-refractivity contribution in [1.29, 1.82) is 0 Å². The summed E-state index contributed by atoms with van der Waals surface area (Å²) >= 11 is 0.961. The summed E-state index contributed by atoms with van der Waals surface area (Å²) in [5.74, 6) is -0.613. The fourth-order valence-electron chi connectivity index (χ4n) is 2.83. The first-order valence-corrected chi connectivity index (χ1v) is 9.89. The van der Waals surface area contributed by atoms with Gasteiger partial charge in [-0.25, -0.2) is 14.2 Å². The Morgan fingerprint density at radius 2 is 2.23 bits per heavy atom. The number of aromatic nitrogens is 2. The van der Waals surface area contributed by atoms with Crippen molar-refractivity contribution in [1.82, 2.24) is 24.5 Å². The standard InChI is InChI=1S/C18H21FN6O4S/c1-24(16(28)10-25-8-13(26)6-15(25)27)9-14-21-18(30-23-14)22-17(29)20-7-11-3-2-4-12(19)5-11/h2-5,13,26H,6-10H2,1H3,(H2,20,21,22,23,29). The summed E-state index contributed by atoms with van der Waals surface area (Å²) < 4.78 is 17.3. The van der Waals surface area contributed by atoms with Crippen LogP contribution in [0.2, 0.25) is 0 Å². The van der Waals surface area contributed by atoms with Crippen molar-refractivity contribution >= 4 is 34.5 Å². The highest BCUT2D eigenvalue weighted by atomic mass is 32.1. The third-order valence-corrected chi connectivity index (χ3v) is 5.02. The number of halogens is 1. The molecule has 2 heterocycles. The molecule has 1 unspecified atom stereocenters. The third-order valence-electron chi connectivity index (χ3n) is 4.36. The Morgan fingerprint density at radius 1 is 1.43 bits per heavy atom. The van der Waals surface area contributed by atoms with Crippen LogP contribution >= 0.6 is 11.5 Å². The van der Waals surface area contributed by atoms with E-state index in [1.54, 1.807) is 19.2 Å². The zero-order valence-electron chi connectivity index (χ0n) is 16.2. The highest BCUT2D eigenvalue weighted by Gasteiger charge is 2.30. The highest BCUT2D eigenvalue weighted by molar-refractivity contribution is 7.09. The van der Waals surface area contributed by atoms with Crippen LogP contribution in [0.15, 0.2) is 24.3 Å². The maximum absolute atomic E-state index is 13.1. The van der Waals surface area contributed by atoms with E-state index in [2.05, 4.69) is 20.0 Å². The van der Waals surface area contributed by atoms with Gasteiger partial charge in [-0.3, -0.25) is 14.9 Å². The largest absolute Gasteiger partial charge is 0.391 e. The molecule has 1 saturated heterocycles. The lowest BCUT2D eigenvalue weighted by molar-refractivity contribution is -0.137. The summed E-state index contributed by atoms with van der Waals surface area (Å²) in [4.78, 5) is 42.8. The molecule has 3 rings (SSSR count). The van der Waals surface area contributed by atoms with E-state index in [1.165, 1.54) is 21.9 Å². The molecule has 30 heavy (non-hydrogen) atoms. The normalized spacial score (nSPS) is 15.9. The molecule has 12 heteroatoms. The zero-order chi connectivity index (χ0) is 21.7. The number of likely N-dealkylation sites (tertiary alicyclic amines) is 1. The number of carbonyl (C=O) groups is 3. The van der Waals surface area contributed by atoms with Gasteiger partial charge in [0.1, 0.15) is 5.82 Å². The van der Waals surface area contributed by atoms with E-state index in [0.717, 1.165) is 11.5 Å². The number of nitrogens with zero attached hydrogens (tertiary/aromatic N) is 4. The molecule has 10 nitrogen and oxygen atoms in total. The van der Waals surface area contributed by atoms with E-state index in [-0.39, 0.29) is 55.4 Å². The van der Waals surface area contributed by atoms with Crippen LogP contribution in [0.1, 0.15) is 17.8 Å². The van der Waals surface area contributed by atoms with E-state index >= 15 is 0 Å². The highest BCUT2D eigenvalue weighted by Crippen LogP contribution is 2.14. The monoisotopic (exact) mass is 436 g/mol. The van der Waals surface area contributed by atoms with Crippen LogP contribution in [-0.4, -0.2) is 68.4 Å². The summed E-state index contributed by atoms with van der Waals surface area (Å²) in [6.45, 7) is 0.277. The number of urea groups is 1. The fraction of sp³-hybridized carbons (Fsp3) is 0.389. The van der Waals surface area contributed by atoms with Gasteiger partial charge in [0.2, 0.25) is 16.9 Å². The van der Waals surface area contributed by atoms with E-state index < -0.39 is 12.1 Å².